The van der Waals surface area contributed by atoms with Crippen molar-refractivity contribution < 1.29 is 23.4 Å². The lowest BCUT2D eigenvalue weighted by molar-refractivity contribution is -0.144. The lowest BCUT2D eigenvalue weighted by Gasteiger charge is -2.42. The van der Waals surface area contributed by atoms with Gasteiger partial charge in [-0.1, -0.05) is 32.9 Å². The van der Waals surface area contributed by atoms with Gasteiger partial charge in [0.1, 0.15) is 11.5 Å². The first-order valence-corrected chi connectivity index (χ1v) is 12.7. The van der Waals surface area contributed by atoms with E-state index in [1.54, 1.807) is 14.2 Å². The van der Waals surface area contributed by atoms with Gasteiger partial charge < -0.3 is 18.6 Å². The number of ether oxygens (including phenoxy) is 3. The van der Waals surface area contributed by atoms with E-state index in [1.165, 1.54) is 0 Å². The molecule has 1 aliphatic rings. The molecular weight excluding hydrogens is 372 g/mol. The minimum absolute atomic E-state index is 0.0366. The Labute approximate surface area is 170 Å². The summed E-state index contributed by atoms with van der Waals surface area (Å²) >= 11 is 0. The van der Waals surface area contributed by atoms with Crippen LogP contribution in [0.1, 0.15) is 51.3 Å². The minimum Gasteiger partial charge on any atom is -0.496 e. The molecule has 0 spiro atoms. The molecule has 1 aliphatic carbocycles. The summed E-state index contributed by atoms with van der Waals surface area (Å²) < 4.78 is 23.3. The van der Waals surface area contributed by atoms with E-state index in [1.807, 2.05) is 31.2 Å². The molecule has 6 heteroatoms. The molecule has 5 nitrogen and oxygen atoms in total. The standard InChI is InChI=1S/C22H34O5Si/c1-9-26-19(23)14-15-10-11-16-17(24-5)12-13-18(25-6)20(16)21(15)27-28(7,8)22(2,3)4/h10-13,15,21H,9,14H2,1-8H3/t15-,21-/m0/s1. The molecular formula is C22H34O5Si. The van der Waals surface area contributed by atoms with Crippen LogP contribution in [0.25, 0.3) is 6.08 Å². The van der Waals surface area contributed by atoms with Crippen molar-refractivity contribution in [2.45, 2.75) is 58.4 Å². The SMILES string of the molecule is CCOC(=O)C[C@@H]1C=Cc2c(OC)ccc(OC)c2[C@H]1O[Si](C)(C)C(C)(C)C. The summed E-state index contributed by atoms with van der Waals surface area (Å²) in [4.78, 5) is 12.3. The van der Waals surface area contributed by atoms with Crippen LogP contribution in [0.3, 0.4) is 0 Å². The van der Waals surface area contributed by atoms with Crippen LogP contribution in [-0.4, -0.2) is 35.1 Å². The first-order valence-electron chi connectivity index (χ1n) is 9.82. The highest BCUT2D eigenvalue weighted by molar-refractivity contribution is 6.74. The summed E-state index contributed by atoms with van der Waals surface area (Å²) in [7, 11) is 1.20. The van der Waals surface area contributed by atoms with Crippen LogP contribution >= 0.6 is 0 Å². The normalized spacial score (nSPS) is 19.1. The first kappa shape index (κ1) is 22.5. The number of carbonyl (C=O) groups excluding carboxylic acids is 1. The highest BCUT2D eigenvalue weighted by Crippen LogP contribution is 2.49. The van der Waals surface area contributed by atoms with Crippen molar-refractivity contribution >= 4 is 20.4 Å². The van der Waals surface area contributed by atoms with E-state index in [4.69, 9.17) is 18.6 Å². The van der Waals surface area contributed by atoms with E-state index in [2.05, 4.69) is 33.9 Å². The van der Waals surface area contributed by atoms with Gasteiger partial charge in [-0.05, 0) is 37.2 Å². The van der Waals surface area contributed by atoms with Crippen LogP contribution in [0.4, 0.5) is 0 Å². The van der Waals surface area contributed by atoms with E-state index >= 15 is 0 Å². The van der Waals surface area contributed by atoms with Crippen molar-refractivity contribution in [2.24, 2.45) is 5.92 Å². The van der Waals surface area contributed by atoms with E-state index in [-0.39, 0.29) is 29.5 Å². The highest BCUT2D eigenvalue weighted by Gasteiger charge is 2.43. The van der Waals surface area contributed by atoms with Crippen molar-refractivity contribution in [1.29, 1.82) is 0 Å². The lowest BCUT2D eigenvalue weighted by atomic mass is 9.84. The molecule has 0 aromatic heterocycles. The van der Waals surface area contributed by atoms with E-state index < -0.39 is 8.32 Å². The number of benzene rings is 1. The zero-order valence-corrected chi connectivity index (χ0v) is 19.4. The molecule has 0 radical (unpaired) electrons. The second kappa shape index (κ2) is 8.70. The Hall–Kier alpha value is -1.79. The van der Waals surface area contributed by atoms with Gasteiger partial charge in [-0.3, -0.25) is 4.79 Å². The number of esters is 1. The summed E-state index contributed by atoms with van der Waals surface area (Å²) in [6, 6.07) is 3.80. The maximum absolute atomic E-state index is 12.3. The average Bonchev–Trinajstić information content (AvgIpc) is 2.61. The molecule has 0 aliphatic heterocycles. The van der Waals surface area contributed by atoms with Crippen molar-refractivity contribution in [3.8, 4) is 11.5 Å². The largest absolute Gasteiger partial charge is 0.496 e. The number of fused-ring (bicyclic) bond motifs is 1. The van der Waals surface area contributed by atoms with Crippen LogP contribution < -0.4 is 9.47 Å². The number of hydrogen-bond acceptors (Lipinski definition) is 5. The second-order valence-electron chi connectivity index (χ2n) is 8.63. The smallest absolute Gasteiger partial charge is 0.306 e. The maximum Gasteiger partial charge on any atom is 0.306 e. The molecule has 1 aromatic carbocycles. The molecule has 156 valence electrons. The molecule has 0 bridgehead atoms. The van der Waals surface area contributed by atoms with Crippen LogP contribution in [0.2, 0.25) is 18.1 Å². The van der Waals surface area contributed by atoms with Gasteiger partial charge >= 0.3 is 5.97 Å². The van der Waals surface area contributed by atoms with Gasteiger partial charge in [0.05, 0.1) is 33.4 Å². The van der Waals surface area contributed by atoms with Crippen molar-refractivity contribution in [3.05, 3.63) is 29.3 Å². The van der Waals surface area contributed by atoms with Crippen LogP contribution in [-0.2, 0) is 14.0 Å². The predicted molar refractivity (Wildman–Crippen MR) is 114 cm³/mol. The summed E-state index contributed by atoms with van der Waals surface area (Å²) in [5, 5.41) is 0.0366. The summed E-state index contributed by atoms with van der Waals surface area (Å²) in [5.41, 5.74) is 1.90. The quantitative estimate of drug-likeness (QED) is 0.450. The summed E-state index contributed by atoms with van der Waals surface area (Å²) in [6.07, 6.45) is 4.02. The fraction of sp³-hybridized carbons (Fsp3) is 0.591. The molecule has 0 fully saturated rings. The van der Waals surface area contributed by atoms with Gasteiger partial charge in [-0.2, -0.15) is 0 Å². The summed E-state index contributed by atoms with van der Waals surface area (Å²) in [5.74, 6) is 1.18. The van der Waals surface area contributed by atoms with Crippen LogP contribution in [0.5, 0.6) is 11.5 Å². The molecule has 28 heavy (non-hydrogen) atoms. The minimum atomic E-state index is -2.12. The van der Waals surface area contributed by atoms with E-state index in [0.29, 0.717) is 6.61 Å². The topological polar surface area (TPSA) is 54.0 Å². The van der Waals surface area contributed by atoms with Gasteiger partial charge in [0, 0.05) is 17.0 Å². The fourth-order valence-corrected chi connectivity index (χ4v) is 4.46. The second-order valence-corrected chi connectivity index (χ2v) is 13.4. The molecule has 2 rings (SSSR count). The van der Waals surface area contributed by atoms with Gasteiger partial charge in [-0.25, -0.2) is 0 Å². The molecule has 0 heterocycles. The maximum atomic E-state index is 12.3. The lowest BCUT2D eigenvalue weighted by Crippen LogP contribution is -2.43. The average molecular weight is 407 g/mol. The Bertz CT molecular complexity index is 733. The Balaban J connectivity index is 2.56. The van der Waals surface area contributed by atoms with Gasteiger partial charge in [0.2, 0.25) is 0 Å². The van der Waals surface area contributed by atoms with Gasteiger partial charge in [-0.15, -0.1) is 0 Å². The molecule has 0 N–H and O–H groups in total. The number of hydrogen-bond donors (Lipinski definition) is 0. The van der Waals surface area contributed by atoms with Gasteiger partial charge in [0.15, 0.2) is 8.32 Å². The van der Waals surface area contributed by atoms with Crippen molar-refractivity contribution in [1.82, 2.24) is 0 Å². The Morgan fingerprint density at radius 3 is 2.25 bits per heavy atom. The highest BCUT2D eigenvalue weighted by atomic mass is 28.4. The Morgan fingerprint density at radius 2 is 1.71 bits per heavy atom. The van der Waals surface area contributed by atoms with Crippen LogP contribution in [0, 0.1) is 5.92 Å². The molecule has 0 unspecified atom stereocenters. The molecule has 0 saturated carbocycles. The number of rotatable bonds is 7. The third-order valence-electron chi connectivity index (χ3n) is 5.77. The third kappa shape index (κ3) is 4.61. The Kier molecular flexibility index (Phi) is 6.99. The first-order chi connectivity index (χ1) is 13.1. The van der Waals surface area contributed by atoms with Crippen molar-refractivity contribution in [3.63, 3.8) is 0 Å². The fourth-order valence-electron chi connectivity index (χ4n) is 3.18. The van der Waals surface area contributed by atoms with E-state index in [9.17, 15) is 4.79 Å². The molecule has 2 atom stereocenters. The Morgan fingerprint density at radius 1 is 1.11 bits per heavy atom. The summed E-state index contributed by atoms with van der Waals surface area (Å²) in [6.45, 7) is 13.3. The predicted octanol–water partition coefficient (Wildman–Crippen LogP) is 5.36. The van der Waals surface area contributed by atoms with Gasteiger partial charge in [0.25, 0.3) is 0 Å². The molecule has 0 amide bonds. The van der Waals surface area contributed by atoms with Crippen molar-refractivity contribution in [2.75, 3.05) is 20.8 Å². The third-order valence-corrected chi connectivity index (χ3v) is 10.2. The monoisotopic (exact) mass is 406 g/mol. The van der Waals surface area contributed by atoms with Crippen LogP contribution in [0.15, 0.2) is 18.2 Å². The molecule has 0 saturated heterocycles. The number of methoxy groups -OCH3 is 2. The number of carbonyl (C=O) groups is 1. The zero-order chi connectivity index (χ0) is 21.1. The van der Waals surface area contributed by atoms with E-state index in [0.717, 1.165) is 22.6 Å². The molecule has 1 aromatic rings. The zero-order valence-electron chi connectivity index (χ0n) is 18.4.